The summed E-state index contributed by atoms with van der Waals surface area (Å²) in [4.78, 5) is 0.377. The first-order valence-corrected chi connectivity index (χ1v) is 10.0. The molecular formula is C20H22N2O2S. The third kappa shape index (κ3) is 2.68. The van der Waals surface area contributed by atoms with Gasteiger partial charge in [-0.3, -0.25) is 0 Å². The van der Waals surface area contributed by atoms with Crippen LogP contribution in [0.2, 0.25) is 0 Å². The Hall–Kier alpha value is -2.11. The van der Waals surface area contributed by atoms with Crippen LogP contribution in [-0.4, -0.2) is 23.8 Å². The molecule has 130 valence electrons. The highest BCUT2D eigenvalue weighted by Gasteiger charge is 2.29. The van der Waals surface area contributed by atoms with Crippen LogP contribution in [0.1, 0.15) is 23.2 Å². The van der Waals surface area contributed by atoms with E-state index in [1.807, 2.05) is 31.2 Å². The molecule has 1 aromatic heterocycles. The van der Waals surface area contributed by atoms with Crippen molar-refractivity contribution in [2.24, 2.45) is 7.05 Å². The molecule has 1 aliphatic heterocycles. The molecule has 0 radical (unpaired) electrons. The molecular weight excluding hydrogens is 332 g/mol. The Morgan fingerprint density at radius 2 is 1.72 bits per heavy atom. The molecule has 0 fully saturated rings. The number of hydrogen-bond donors (Lipinski definition) is 0. The van der Waals surface area contributed by atoms with Gasteiger partial charge in [0.25, 0.3) is 0 Å². The van der Waals surface area contributed by atoms with E-state index in [4.69, 9.17) is 0 Å². The van der Waals surface area contributed by atoms with Crippen LogP contribution >= 0.6 is 0 Å². The molecule has 0 bridgehead atoms. The van der Waals surface area contributed by atoms with Crippen molar-refractivity contribution in [3.63, 3.8) is 0 Å². The Balaban J connectivity index is 1.79. The predicted octanol–water partition coefficient (Wildman–Crippen LogP) is 3.62. The molecule has 4 rings (SSSR count). The zero-order valence-electron chi connectivity index (χ0n) is 14.6. The Kier molecular flexibility index (Phi) is 3.93. The average Bonchev–Trinajstić information content (AvgIpc) is 2.77. The molecule has 2 heterocycles. The molecule has 0 N–H and O–H groups in total. The third-order valence-electron chi connectivity index (χ3n) is 5.16. The summed E-state index contributed by atoms with van der Waals surface area (Å²) in [5, 5.41) is 1.16. The van der Waals surface area contributed by atoms with Gasteiger partial charge in [-0.1, -0.05) is 35.9 Å². The zero-order valence-corrected chi connectivity index (χ0v) is 15.4. The van der Waals surface area contributed by atoms with Gasteiger partial charge in [-0.05, 0) is 43.5 Å². The van der Waals surface area contributed by atoms with Crippen molar-refractivity contribution in [2.75, 3.05) is 6.54 Å². The van der Waals surface area contributed by atoms with Gasteiger partial charge >= 0.3 is 0 Å². The molecule has 2 aromatic carbocycles. The van der Waals surface area contributed by atoms with Gasteiger partial charge in [0.2, 0.25) is 10.0 Å². The first-order valence-electron chi connectivity index (χ1n) is 8.60. The van der Waals surface area contributed by atoms with Crippen molar-refractivity contribution in [3.05, 3.63) is 65.4 Å². The smallest absolute Gasteiger partial charge is 0.243 e. The van der Waals surface area contributed by atoms with Gasteiger partial charge in [0, 0.05) is 36.7 Å². The first-order chi connectivity index (χ1) is 12.0. The van der Waals surface area contributed by atoms with Gasteiger partial charge in [0.05, 0.1) is 4.90 Å². The van der Waals surface area contributed by atoms with Crippen molar-refractivity contribution < 1.29 is 8.42 Å². The maximum atomic E-state index is 13.1. The summed E-state index contributed by atoms with van der Waals surface area (Å²) in [6.45, 7) is 2.96. The van der Waals surface area contributed by atoms with Crippen molar-refractivity contribution in [3.8, 4) is 0 Å². The first kappa shape index (κ1) is 16.4. The third-order valence-corrected chi connectivity index (χ3v) is 7.02. The minimum atomic E-state index is -3.48. The molecule has 0 aliphatic carbocycles. The second-order valence-electron chi connectivity index (χ2n) is 6.76. The van der Waals surface area contributed by atoms with Crippen LogP contribution in [0.25, 0.3) is 10.9 Å². The molecule has 4 nitrogen and oxygen atoms in total. The summed E-state index contributed by atoms with van der Waals surface area (Å²) in [7, 11) is -1.41. The number of nitrogens with zero attached hydrogens (tertiary/aromatic N) is 2. The van der Waals surface area contributed by atoms with E-state index in [-0.39, 0.29) is 0 Å². The Morgan fingerprint density at radius 1 is 1.00 bits per heavy atom. The van der Waals surface area contributed by atoms with Crippen LogP contribution in [0.3, 0.4) is 0 Å². The molecule has 0 atom stereocenters. The fourth-order valence-corrected chi connectivity index (χ4v) is 5.21. The highest BCUT2D eigenvalue weighted by molar-refractivity contribution is 7.89. The maximum absolute atomic E-state index is 13.1. The van der Waals surface area contributed by atoms with Gasteiger partial charge in [0.1, 0.15) is 0 Å². The number of benzene rings is 2. The quantitative estimate of drug-likeness (QED) is 0.705. The van der Waals surface area contributed by atoms with E-state index >= 15 is 0 Å². The van der Waals surface area contributed by atoms with E-state index in [0.29, 0.717) is 18.0 Å². The second-order valence-corrected chi connectivity index (χ2v) is 8.69. The van der Waals surface area contributed by atoms with Crippen molar-refractivity contribution >= 4 is 20.9 Å². The van der Waals surface area contributed by atoms with Crippen LogP contribution in [0.5, 0.6) is 0 Å². The van der Waals surface area contributed by atoms with Crippen LogP contribution in [0.4, 0.5) is 0 Å². The van der Waals surface area contributed by atoms with Gasteiger partial charge in [-0.25, -0.2) is 8.42 Å². The summed E-state index contributed by atoms with van der Waals surface area (Å²) in [6.07, 6.45) is 1.74. The second kappa shape index (κ2) is 6.00. The average molecular weight is 354 g/mol. The van der Waals surface area contributed by atoms with Crippen LogP contribution in [0, 0.1) is 6.92 Å². The van der Waals surface area contributed by atoms with Crippen molar-refractivity contribution in [1.29, 1.82) is 0 Å². The molecule has 1 aliphatic rings. The lowest BCUT2D eigenvalue weighted by atomic mass is 10.1. The van der Waals surface area contributed by atoms with E-state index in [9.17, 15) is 8.42 Å². The zero-order chi connectivity index (χ0) is 17.6. The largest absolute Gasteiger partial charge is 0.347 e. The molecule has 0 spiro atoms. The SMILES string of the molecule is Cc1ccc(S(=O)(=O)N2CCCc3c(c4ccccc4n3C)C2)cc1. The fraction of sp³-hybridized carbons (Fsp3) is 0.300. The number of fused-ring (bicyclic) bond motifs is 3. The lowest BCUT2D eigenvalue weighted by Gasteiger charge is -2.20. The maximum Gasteiger partial charge on any atom is 0.243 e. The molecule has 3 aromatic rings. The van der Waals surface area contributed by atoms with E-state index in [1.165, 1.54) is 11.2 Å². The topological polar surface area (TPSA) is 42.3 Å². The number of hydrogen-bond acceptors (Lipinski definition) is 2. The highest BCUT2D eigenvalue weighted by Crippen LogP contribution is 2.31. The summed E-state index contributed by atoms with van der Waals surface area (Å²) in [5.41, 5.74) is 4.63. The minimum Gasteiger partial charge on any atom is -0.347 e. The van der Waals surface area contributed by atoms with Crippen LogP contribution in [0.15, 0.2) is 53.4 Å². The van der Waals surface area contributed by atoms with Gasteiger partial charge < -0.3 is 4.57 Å². The Bertz CT molecular complexity index is 1030. The van der Waals surface area contributed by atoms with E-state index in [1.54, 1.807) is 16.4 Å². The number of aromatic nitrogens is 1. The van der Waals surface area contributed by atoms with Gasteiger partial charge in [-0.2, -0.15) is 4.31 Å². The Labute approximate surface area is 148 Å². The molecule has 0 unspecified atom stereocenters. The monoisotopic (exact) mass is 354 g/mol. The number of para-hydroxylation sites is 1. The van der Waals surface area contributed by atoms with E-state index in [2.05, 4.69) is 23.7 Å². The van der Waals surface area contributed by atoms with Crippen molar-refractivity contribution in [2.45, 2.75) is 31.2 Å². The summed E-state index contributed by atoms with van der Waals surface area (Å²) >= 11 is 0. The number of sulfonamides is 1. The Morgan fingerprint density at radius 3 is 2.48 bits per heavy atom. The van der Waals surface area contributed by atoms with Gasteiger partial charge in [-0.15, -0.1) is 0 Å². The lowest BCUT2D eigenvalue weighted by molar-refractivity contribution is 0.411. The molecule has 0 amide bonds. The molecule has 0 saturated heterocycles. The predicted molar refractivity (Wildman–Crippen MR) is 100 cm³/mol. The molecule has 5 heteroatoms. The number of rotatable bonds is 2. The number of aryl methyl sites for hydroxylation is 2. The summed E-state index contributed by atoms with van der Waals surface area (Å²) in [5.74, 6) is 0. The highest BCUT2D eigenvalue weighted by atomic mass is 32.2. The van der Waals surface area contributed by atoms with Gasteiger partial charge in [0.15, 0.2) is 0 Å². The normalized spacial score (nSPS) is 15.9. The minimum absolute atomic E-state index is 0.377. The summed E-state index contributed by atoms with van der Waals surface area (Å²) in [6, 6.07) is 15.4. The van der Waals surface area contributed by atoms with E-state index < -0.39 is 10.0 Å². The molecule has 25 heavy (non-hydrogen) atoms. The standard InChI is InChI=1S/C20H22N2O2S/c1-15-9-11-16(12-10-15)25(23,24)22-13-5-8-20-18(14-22)17-6-3-4-7-19(17)21(20)2/h3-4,6-7,9-12H,5,8,13-14H2,1-2H3. The fourth-order valence-electron chi connectivity index (χ4n) is 3.76. The lowest BCUT2D eigenvalue weighted by Crippen LogP contribution is -2.30. The molecule has 0 saturated carbocycles. The van der Waals surface area contributed by atoms with Crippen LogP contribution < -0.4 is 0 Å². The van der Waals surface area contributed by atoms with E-state index in [0.717, 1.165) is 29.4 Å². The van der Waals surface area contributed by atoms with Crippen molar-refractivity contribution in [1.82, 2.24) is 8.87 Å². The summed E-state index contributed by atoms with van der Waals surface area (Å²) < 4.78 is 30.1. The van der Waals surface area contributed by atoms with Crippen LogP contribution in [-0.2, 0) is 30.0 Å².